The third kappa shape index (κ3) is 12.6. The molecule has 0 spiro atoms. The molecule has 58 heavy (non-hydrogen) atoms. The van der Waals surface area contributed by atoms with Crippen molar-refractivity contribution in [3.63, 3.8) is 0 Å². The largest absolute Gasteiger partial charge is 0.495 e. The molecule has 16 heteroatoms. The van der Waals surface area contributed by atoms with Crippen LogP contribution in [0.1, 0.15) is 33.9 Å². The zero-order chi connectivity index (χ0) is 39.8. The summed E-state index contributed by atoms with van der Waals surface area (Å²) in [6.07, 6.45) is 12.2. The Bertz CT molecular complexity index is 2150. The van der Waals surface area contributed by atoms with Crippen molar-refractivity contribution in [1.82, 2.24) is 35.2 Å². The number of hydrogen-bond acceptors (Lipinski definition) is 14. The standard InChI is InChI=1S/C21H22N4O3.C15H17N3O2.C6H6BrNO.ClH/c1-26-17-4-3-16(22-10-17)14-28-19-9-15-13-25(8-7-20(15)23-12-19)21-6-5-18(27-2)11-24-21;1-19-13-3-2-12(17-8-13)10-20-14-6-11-7-16-5-4-15(11)18-9-14;1-9-5-2-3-6(7)8-4-5;/h3-6,9-12H,7-8,13-14H2,1-2H3;2-3,6,8-9,16H,4-5,7,10H2,1H3;2-4H,1H3;1H. The van der Waals surface area contributed by atoms with Gasteiger partial charge in [0.15, 0.2) is 0 Å². The molecule has 0 aliphatic carbocycles. The van der Waals surface area contributed by atoms with Crippen LogP contribution in [-0.4, -0.2) is 71.4 Å². The number of aromatic nitrogens is 6. The predicted molar refractivity (Wildman–Crippen MR) is 225 cm³/mol. The molecule has 0 unspecified atom stereocenters. The fourth-order valence-corrected chi connectivity index (χ4v) is 6.03. The molecule has 2 aliphatic rings. The Morgan fingerprint density at radius 1 is 0.569 bits per heavy atom. The number of ether oxygens (including phenoxy) is 6. The quantitative estimate of drug-likeness (QED) is 0.133. The van der Waals surface area contributed by atoms with Gasteiger partial charge in [0.25, 0.3) is 0 Å². The Kier molecular flexibility index (Phi) is 16.6. The van der Waals surface area contributed by atoms with Crippen LogP contribution in [-0.2, 0) is 39.1 Å². The van der Waals surface area contributed by atoms with E-state index in [1.54, 1.807) is 65.6 Å². The predicted octanol–water partition coefficient (Wildman–Crippen LogP) is 7.01. The minimum absolute atomic E-state index is 0. The van der Waals surface area contributed by atoms with Crippen molar-refractivity contribution in [2.75, 3.05) is 46.4 Å². The molecule has 8 heterocycles. The van der Waals surface area contributed by atoms with Crippen LogP contribution in [0.4, 0.5) is 5.82 Å². The summed E-state index contributed by atoms with van der Waals surface area (Å²) in [5, 5.41) is 3.33. The lowest BCUT2D eigenvalue weighted by Gasteiger charge is -2.29. The summed E-state index contributed by atoms with van der Waals surface area (Å²) in [6, 6.07) is 19.2. The molecule has 304 valence electrons. The van der Waals surface area contributed by atoms with Crippen molar-refractivity contribution in [3.05, 3.63) is 136 Å². The molecule has 14 nitrogen and oxygen atoms in total. The molecule has 0 amide bonds. The van der Waals surface area contributed by atoms with Crippen molar-refractivity contribution >= 4 is 34.2 Å². The number of nitrogens with one attached hydrogen (secondary N) is 1. The number of halogens is 2. The first-order valence-corrected chi connectivity index (χ1v) is 19.0. The lowest BCUT2D eigenvalue weighted by Crippen LogP contribution is -2.31. The van der Waals surface area contributed by atoms with Gasteiger partial charge in [-0.25, -0.2) is 9.97 Å². The second kappa shape index (κ2) is 22.2. The first-order valence-electron chi connectivity index (χ1n) is 18.2. The molecule has 0 saturated heterocycles. The van der Waals surface area contributed by atoms with Gasteiger partial charge >= 0.3 is 0 Å². The molecule has 0 bridgehead atoms. The average Bonchev–Trinajstić information content (AvgIpc) is 3.28. The maximum Gasteiger partial charge on any atom is 0.138 e. The summed E-state index contributed by atoms with van der Waals surface area (Å²) >= 11 is 3.21. The maximum absolute atomic E-state index is 5.89. The van der Waals surface area contributed by atoms with Crippen molar-refractivity contribution in [3.8, 4) is 34.5 Å². The Balaban J connectivity index is 0.000000186. The molecule has 1 N–H and O–H groups in total. The van der Waals surface area contributed by atoms with E-state index < -0.39 is 0 Å². The van der Waals surface area contributed by atoms with Crippen LogP contribution in [0.3, 0.4) is 0 Å². The molecule has 8 rings (SSSR count). The van der Waals surface area contributed by atoms with Gasteiger partial charge in [0, 0.05) is 50.4 Å². The zero-order valence-electron chi connectivity index (χ0n) is 32.8. The van der Waals surface area contributed by atoms with E-state index in [1.807, 2.05) is 48.5 Å². The summed E-state index contributed by atoms with van der Waals surface area (Å²) in [7, 11) is 6.50. The van der Waals surface area contributed by atoms with E-state index in [9.17, 15) is 0 Å². The summed E-state index contributed by atoms with van der Waals surface area (Å²) in [6.45, 7) is 4.30. The molecular weight excluding hydrogens is 828 g/mol. The zero-order valence-corrected chi connectivity index (χ0v) is 35.2. The van der Waals surface area contributed by atoms with Gasteiger partial charge < -0.3 is 38.6 Å². The van der Waals surface area contributed by atoms with Gasteiger partial charge in [0.1, 0.15) is 58.1 Å². The lowest BCUT2D eigenvalue weighted by molar-refractivity contribution is 0.298. The Labute approximate surface area is 352 Å². The van der Waals surface area contributed by atoms with Gasteiger partial charge in [-0.05, 0) is 87.7 Å². The van der Waals surface area contributed by atoms with Crippen molar-refractivity contribution in [1.29, 1.82) is 0 Å². The van der Waals surface area contributed by atoms with E-state index in [0.29, 0.717) is 13.2 Å². The van der Waals surface area contributed by atoms with Crippen LogP contribution in [0.25, 0.3) is 0 Å². The van der Waals surface area contributed by atoms with Crippen molar-refractivity contribution in [2.45, 2.75) is 39.1 Å². The van der Waals surface area contributed by atoms with Gasteiger partial charge in [0.05, 0.1) is 77.0 Å². The van der Waals surface area contributed by atoms with E-state index in [1.165, 1.54) is 11.3 Å². The minimum Gasteiger partial charge on any atom is -0.495 e. The molecule has 6 aromatic rings. The van der Waals surface area contributed by atoms with Gasteiger partial charge in [-0.15, -0.1) is 12.4 Å². The van der Waals surface area contributed by atoms with Gasteiger partial charge in [-0.1, -0.05) is 0 Å². The molecule has 0 atom stereocenters. The topological polar surface area (TPSA) is 148 Å². The fourth-order valence-electron chi connectivity index (χ4n) is 5.79. The Morgan fingerprint density at radius 2 is 1.07 bits per heavy atom. The highest BCUT2D eigenvalue weighted by Gasteiger charge is 2.19. The molecule has 0 saturated carbocycles. The average molecular weight is 874 g/mol. The lowest BCUT2D eigenvalue weighted by atomic mass is 10.1. The number of pyridine rings is 6. The van der Waals surface area contributed by atoms with Crippen LogP contribution >= 0.6 is 28.3 Å². The first kappa shape index (κ1) is 43.4. The number of hydrogen-bond donors (Lipinski definition) is 1. The van der Waals surface area contributed by atoms with Gasteiger partial charge in [-0.3, -0.25) is 19.9 Å². The minimum atomic E-state index is 0. The normalized spacial score (nSPS) is 12.4. The van der Waals surface area contributed by atoms with Crippen LogP contribution in [0.2, 0.25) is 0 Å². The van der Waals surface area contributed by atoms with E-state index in [-0.39, 0.29) is 12.4 Å². The van der Waals surface area contributed by atoms with Crippen LogP contribution in [0, 0.1) is 0 Å². The number of rotatable bonds is 11. The highest BCUT2D eigenvalue weighted by Crippen LogP contribution is 2.26. The molecule has 2 aliphatic heterocycles. The highest BCUT2D eigenvalue weighted by atomic mass is 79.9. The summed E-state index contributed by atoms with van der Waals surface area (Å²) in [5.74, 6) is 5.46. The summed E-state index contributed by atoms with van der Waals surface area (Å²) in [5.41, 5.74) is 6.35. The highest BCUT2D eigenvalue weighted by molar-refractivity contribution is 9.10. The SMILES string of the molecule is COc1ccc(Br)nc1.COc1ccc(COc2cnc3c(c2)CN(c2ccc(OC)cn2)CC3)nc1.COc1ccc(COc2cnc3c(c2)CNCC3)nc1.Cl. The monoisotopic (exact) mass is 872 g/mol. The third-order valence-corrected chi connectivity index (χ3v) is 9.43. The third-order valence-electron chi connectivity index (χ3n) is 8.96. The van der Waals surface area contributed by atoms with Gasteiger partial charge in [-0.2, -0.15) is 0 Å². The smallest absolute Gasteiger partial charge is 0.138 e. The van der Waals surface area contributed by atoms with Crippen LogP contribution in [0.15, 0.2) is 102 Å². The Morgan fingerprint density at radius 3 is 1.57 bits per heavy atom. The molecule has 0 aromatic carbocycles. The summed E-state index contributed by atoms with van der Waals surface area (Å²) in [4.78, 5) is 28.3. The number of methoxy groups -OCH3 is 4. The van der Waals surface area contributed by atoms with Crippen LogP contribution < -0.4 is 38.6 Å². The van der Waals surface area contributed by atoms with E-state index >= 15 is 0 Å². The van der Waals surface area contributed by atoms with Crippen LogP contribution in [0.5, 0.6) is 34.5 Å². The number of anilines is 1. The number of nitrogens with zero attached hydrogens (tertiary/aromatic N) is 7. The van der Waals surface area contributed by atoms with Crippen molar-refractivity contribution in [2.24, 2.45) is 0 Å². The number of fused-ring (bicyclic) bond motifs is 2. The molecule has 0 radical (unpaired) electrons. The second-order valence-electron chi connectivity index (χ2n) is 12.7. The fraction of sp³-hybridized carbons (Fsp3) is 0.286. The van der Waals surface area contributed by atoms with E-state index in [2.05, 4.69) is 68.2 Å². The van der Waals surface area contributed by atoms with E-state index in [0.717, 1.165) is 107 Å². The maximum atomic E-state index is 5.89. The first-order chi connectivity index (χ1) is 27.9. The molecule has 0 fully saturated rings. The van der Waals surface area contributed by atoms with E-state index in [4.69, 9.17) is 28.4 Å². The van der Waals surface area contributed by atoms with Gasteiger partial charge in [0.2, 0.25) is 0 Å². The second-order valence-corrected chi connectivity index (χ2v) is 13.5. The molecular formula is C42H46BrClN8O6. The summed E-state index contributed by atoms with van der Waals surface area (Å²) < 4.78 is 32.7. The Hall–Kier alpha value is -5.77. The van der Waals surface area contributed by atoms with Crippen molar-refractivity contribution < 1.29 is 28.4 Å². The molecule has 6 aromatic heterocycles.